The average Bonchev–Trinajstić information content (AvgIpc) is 3.55. The predicted molar refractivity (Wildman–Crippen MR) is 153 cm³/mol. The predicted octanol–water partition coefficient (Wildman–Crippen LogP) is 4.19. The molecule has 9 nitrogen and oxygen atoms in total. The highest BCUT2D eigenvalue weighted by Crippen LogP contribution is 2.52. The van der Waals surface area contributed by atoms with Crippen LogP contribution >= 0.6 is 0 Å². The van der Waals surface area contributed by atoms with Crippen LogP contribution in [0.3, 0.4) is 0 Å². The Hall–Kier alpha value is -4.03. The van der Waals surface area contributed by atoms with Crippen molar-refractivity contribution in [2.45, 2.75) is 55.6 Å². The number of benzene rings is 1. The zero-order valence-electron chi connectivity index (χ0n) is 23.0. The van der Waals surface area contributed by atoms with Crippen LogP contribution < -0.4 is 0 Å². The molecule has 0 aliphatic heterocycles. The van der Waals surface area contributed by atoms with E-state index in [9.17, 15) is 17.8 Å². The molecule has 0 spiro atoms. The standard InChI is InChI=1S/C30H29F2N7O2S/c1-37-34-18-28(36-37)42(2,41)39(24-9-10-24)25-6-3-20-13-27-19(17-35-38(27)23-7-4-21(31)5-8-23)15-30(20,16-25)29(40)26-14-22(32)11-12-33-26/h4-5,7-8,11-14,17-18,24-25H,2-3,6,9-10,15-16H2,1H3/t25-,30-,42?/m0/s1. The van der Waals surface area contributed by atoms with E-state index in [2.05, 4.69) is 26.2 Å². The fourth-order valence-electron chi connectivity index (χ4n) is 6.55. The third-order valence-corrected chi connectivity index (χ3v) is 10.7. The fraction of sp³-hybridized carbons (Fsp3) is 0.333. The molecular weight excluding hydrogens is 560 g/mol. The summed E-state index contributed by atoms with van der Waals surface area (Å²) in [5, 5.41) is 13.4. The number of fused-ring (bicyclic) bond motifs is 2. The van der Waals surface area contributed by atoms with Crippen LogP contribution in [0, 0.1) is 17.0 Å². The lowest BCUT2D eigenvalue weighted by Gasteiger charge is -2.47. The molecule has 2 saturated carbocycles. The highest BCUT2D eigenvalue weighted by molar-refractivity contribution is 7.98. The number of aromatic nitrogens is 6. The van der Waals surface area contributed by atoms with Gasteiger partial charge >= 0.3 is 0 Å². The molecular formula is C30H29F2N7O2S. The number of halogens is 2. The summed E-state index contributed by atoms with van der Waals surface area (Å²) < 4.78 is 46.0. The minimum atomic E-state index is -2.99. The molecule has 3 aliphatic rings. The number of nitrogens with zero attached hydrogens (tertiary/aromatic N) is 7. The zero-order chi connectivity index (χ0) is 29.2. The van der Waals surface area contributed by atoms with E-state index in [1.807, 2.05) is 10.4 Å². The van der Waals surface area contributed by atoms with E-state index in [1.165, 1.54) is 41.5 Å². The topological polar surface area (TPSA) is 98.8 Å². The number of allylic oxidation sites excluding steroid dienone is 1. The molecule has 0 N–H and O–H groups in total. The maximum atomic E-state index is 14.4. The van der Waals surface area contributed by atoms with E-state index in [4.69, 9.17) is 0 Å². The molecule has 2 fully saturated rings. The number of hydrogen-bond donors (Lipinski definition) is 0. The molecule has 216 valence electrons. The molecule has 3 atom stereocenters. The number of hydrogen-bond acceptors (Lipinski definition) is 6. The van der Waals surface area contributed by atoms with E-state index in [1.54, 1.807) is 30.1 Å². The lowest BCUT2D eigenvalue weighted by molar-refractivity contribution is 0.0736. The molecule has 0 amide bonds. The Balaban J connectivity index is 1.32. The summed E-state index contributed by atoms with van der Waals surface area (Å²) in [6.45, 7) is 0. The van der Waals surface area contributed by atoms with Gasteiger partial charge in [0, 0.05) is 31.4 Å². The Morgan fingerprint density at radius 1 is 1.07 bits per heavy atom. The van der Waals surface area contributed by atoms with E-state index < -0.39 is 20.9 Å². The number of Topliss-reactive ketones (excluding diaryl/α,β-unsaturated/α-hetero) is 1. The molecule has 3 aliphatic carbocycles. The molecule has 3 heterocycles. The maximum absolute atomic E-state index is 14.4. The van der Waals surface area contributed by atoms with Gasteiger partial charge < -0.3 is 0 Å². The van der Waals surface area contributed by atoms with Crippen molar-refractivity contribution in [3.05, 3.63) is 89.1 Å². The van der Waals surface area contributed by atoms with Crippen molar-refractivity contribution >= 4 is 27.4 Å². The van der Waals surface area contributed by atoms with Crippen LogP contribution in [0.5, 0.6) is 0 Å². The largest absolute Gasteiger partial charge is 0.291 e. The van der Waals surface area contributed by atoms with Gasteiger partial charge in [0.2, 0.25) is 0 Å². The lowest BCUT2D eigenvalue weighted by atomic mass is 9.60. The highest BCUT2D eigenvalue weighted by atomic mass is 32.2. The molecule has 12 heteroatoms. The van der Waals surface area contributed by atoms with Crippen molar-refractivity contribution < 1.29 is 17.8 Å². The normalized spacial score (nSPS) is 23.1. The van der Waals surface area contributed by atoms with Gasteiger partial charge in [0.1, 0.15) is 17.3 Å². The minimum absolute atomic E-state index is 0.0539. The van der Waals surface area contributed by atoms with E-state index in [0.29, 0.717) is 36.4 Å². The van der Waals surface area contributed by atoms with Crippen molar-refractivity contribution in [3.63, 3.8) is 0 Å². The zero-order valence-corrected chi connectivity index (χ0v) is 23.8. The van der Waals surface area contributed by atoms with Gasteiger partial charge in [-0.05, 0) is 86.4 Å². The summed E-state index contributed by atoms with van der Waals surface area (Å²) in [6.07, 6.45) is 10.2. The molecule has 7 rings (SSSR count). The van der Waals surface area contributed by atoms with Gasteiger partial charge in [-0.3, -0.25) is 9.78 Å². The summed E-state index contributed by atoms with van der Waals surface area (Å²) in [5.41, 5.74) is 2.28. The summed E-state index contributed by atoms with van der Waals surface area (Å²) in [5.74, 6) is 3.00. The molecule has 1 unspecified atom stereocenters. The summed E-state index contributed by atoms with van der Waals surface area (Å²) >= 11 is 0. The second kappa shape index (κ2) is 9.77. The summed E-state index contributed by atoms with van der Waals surface area (Å²) in [6, 6.07) is 8.30. The van der Waals surface area contributed by atoms with Gasteiger partial charge in [-0.1, -0.05) is 5.57 Å². The first-order chi connectivity index (χ1) is 20.2. The van der Waals surface area contributed by atoms with Gasteiger partial charge in [-0.25, -0.2) is 22.0 Å². The van der Waals surface area contributed by atoms with Crippen molar-refractivity contribution in [1.82, 2.24) is 34.1 Å². The van der Waals surface area contributed by atoms with E-state index >= 15 is 0 Å². The SMILES string of the molecule is C=S(=O)(c1cnn(C)n1)N(C1CC1)[C@H]1CCC2=Cc3c(cnn3-c3ccc(F)cc3)C[C@]2(C(=O)c2cc(F)ccn2)C1. The molecule has 1 aromatic carbocycles. The highest BCUT2D eigenvalue weighted by Gasteiger charge is 2.53. The van der Waals surface area contributed by atoms with E-state index in [-0.39, 0.29) is 29.4 Å². The lowest BCUT2D eigenvalue weighted by Crippen LogP contribution is -2.51. The fourth-order valence-corrected chi connectivity index (χ4v) is 8.58. The van der Waals surface area contributed by atoms with Crippen LogP contribution in [0.4, 0.5) is 8.78 Å². The van der Waals surface area contributed by atoms with Crippen LogP contribution in [-0.2, 0) is 23.2 Å². The Morgan fingerprint density at radius 2 is 1.86 bits per heavy atom. The van der Waals surface area contributed by atoms with Gasteiger partial charge in [0.05, 0.1) is 38.9 Å². The molecule has 3 aromatic heterocycles. The smallest absolute Gasteiger partial charge is 0.191 e. The molecule has 0 saturated heterocycles. The van der Waals surface area contributed by atoms with Crippen LogP contribution in [0.2, 0.25) is 0 Å². The van der Waals surface area contributed by atoms with Crippen molar-refractivity contribution in [3.8, 4) is 5.69 Å². The Bertz CT molecular complexity index is 1840. The summed E-state index contributed by atoms with van der Waals surface area (Å²) in [7, 11) is -1.32. The average molecular weight is 590 g/mol. The third-order valence-electron chi connectivity index (χ3n) is 8.61. The van der Waals surface area contributed by atoms with Crippen LogP contribution in [0.1, 0.15) is 53.8 Å². The first kappa shape index (κ1) is 26.8. The van der Waals surface area contributed by atoms with E-state index in [0.717, 1.165) is 29.7 Å². The Morgan fingerprint density at radius 3 is 2.55 bits per heavy atom. The molecule has 42 heavy (non-hydrogen) atoms. The van der Waals surface area contributed by atoms with Crippen molar-refractivity contribution in [1.29, 1.82) is 0 Å². The number of aryl methyl sites for hydroxylation is 1. The molecule has 0 radical (unpaired) electrons. The second-order valence-corrected chi connectivity index (χ2v) is 13.5. The quantitative estimate of drug-likeness (QED) is 0.237. The second-order valence-electron chi connectivity index (χ2n) is 11.4. The van der Waals surface area contributed by atoms with Gasteiger partial charge in [-0.15, -0.1) is 5.10 Å². The van der Waals surface area contributed by atoms with Crippen molar-refractivity contribution in [2.75, 3.05) is 0 Å². The number of ketones is 1. The van der Waals surface area contributed by atoms with Gasteiger partial charge in [-0.2, -0.15) is 15.0 Å². The number of pyridine rings is 1. The van der Waals surface area contributed by atoms with Crippen LogP contribution in [0.15, 0.2) is 65.6 Å². The number of carbonyl (C=O) groups is 1. The van der Waals surface area contributed by atoms with Gasteiger partial charge in [0.15, 0.2) is 10.8 Å². The Kier molecular flexibility index (Phi) is 6.24. The first-order valence-electron chi connectivity index (χ1n) is 13.9. The van der Waals surface area contributed by atoms with Crippen LogP contribution in [-0.4, -0.2) is 62.0 Å². The van der Waals surface area contributed by atoms with Crippen LogP contribution in [0.25, 0.3) is 11.8 Å². The van der Waals surface area contributed by atoms with Gasteiger partial charge in [0.25, 0.3) is 0 Å². The molecule has 4 aromatic rings. The first-order valence-corrected chi connectivity index (χ1v) is 15.6. The number of carbonyl (C=O) groups excluding carboxylic acids is 1. The third kappa shape index (κ3) is 4.40. The minimum Gasteiger partial charge on any atom is -0.291 e. The van der Waals surface area contributed by atoms with Crippen molar-refractivity contribution in [2.24, 2.45) is 12.5 Å². The molecule has 0 bridgehead atoms. The Labute approximate surface area is 242 Å². The summed E-state index contributed by atoms with van der Waals surface area (Å²) in [4.78, 5) is 20.1. The maximum Gasteiger partial charge on any atom is 0.191 e. The number of rotatable bonds is 7. The monoisotopic (exact) mass is 589 g/mol.